The van der Waals surface area contributed by atoms with Gasteiger partial charge in [0.15, 0.2) is 0 Å². The summed E-state index contributed by atoms with van der Waals surface area (Å²) in [6.07, 6.45) is -4.24. The Bertz CT molecular complexity index is 753. The van der Waals surface area contributed by atoms with Gasteiger partial charge < -0.3 is 5.32 Å². The van der Waals surface area contributed by atoms with E-state index in [1.807, 2.05) is 6.07 Å². The van der Waals surface area contributed by atoms with Crippen LogP contribution in [0.2, 0.25) is 10.0 Å². The maximum absolute atomic E-state index is 12.6. The Morgan fingerprint density at radius 3 is 2.52 bits per heavy atom. The van der Waals surface area contributed by atoms with Crippen LogP contribution in [0.5, 0.6) is 0 Å². The Morgan fingerprint density at radius 1 is 1.08 bits per heavy atom. The summed E-state index contributed by atoms with van der Waals surface area (Å²) >= 11 is 13.3. The number of hydrogen-bond acceptors (Lipinski definition) is 2. The number of carbonyl (C=O) groups is 1. The third-order valence-electron chi connectivity index (χ3n) is 3.20. The summed E-state index contributed by atoms with van der Waals surface area (Å²) in [7, 11) is 0. The number of alkyl halides is 3. The Balaban J connectivity index is 1.78. The highest BCUT2D eigenvalue weighted by molar-refractivity contribution is 7.98. The lowest BCUT2D eigenvalue weighted by molar-refractivity contribution is -0.137. The van der Waals surface area contributed by atoms with Crippen LogP contribution >= 0.6 is 35.0 Å². The van der Waals surface area contributed by atoms with E-state index in [1.165, 1.54) is 23.9 Å². The molecule has 2 nitrogen and oxygen atoms in total. The number of benzene rings is 2. The van der Waals surface area contributed by atoms with Crippen LogP contribution in [0.25, 0.3) is 0 Å². The predicted octanol–water partition coefficient (Wildman–Crippen LogP) is 6.27. The van der Waals surface area contributed by atoms with Gasteiger partial charge in [-0.25, -0.2) is 0 Å². The Labute approximate surface area is 157 Å². The Hall–Kier alpha value is -1.37. The van der Waals surface area contributed by atoms with Gasteiger partial charge in [-0.05, 0) is 35.9 Å². The van der Waals surface area contributed by atoms with E-state index in [1.54, 1.807) is 12.1 Å². The molecule has 0 bridgehead atoms. The van der Waals surface area contributed by atoms with E-state index in [0.717, 1.165) is 17.7 Å². The van der Waals surface area contributed by atoms with Gasteiger partial charge in [-0.15, -0.1) is 0 Å². The number of rotatable bonds is 6. The van der Waals surface area contributed by atoms with E-state index in [0.29, 0.717) is 21.6 Å². The molecule has 0 spiro atoms. The zero-order chi connectivity index (χ0) is 18.4. The summed E-state index contributed by atoms with van der Waals surface area (Å²) in [5, 5.41) is 3.44. The van der Waals surface area contributed by atoms with E-state index in [9.17, 15) is 18.0 Å². The first-order valence-corrected chi connectivity index (χ1v) is 9.15. The summed E-state index contributed by atoms with van der Waals surface area (Å²) < 4.78 is 37.9. The first-order chi connectivity index (χ1) is 11.8. The average molecular weight is 408 g/mol. The summed E-state index contributed by atoms with van der Waals surface area (Å²) in [5.74, 6) is 0.861. The molecule has 1 amide bonds. The molecule has 0 aliphatic rings. The molecule has 0 atom stereocenters. The van der Waals surface area contributed by atoms with Gasteiger partial charge in [0.1, 0.15) is 0 Å². The summed E-state index contributed by atoms with van der Waals surface area (Å²) in [5.41, 5.74) is 0.325. The minimum absolute atomic E-state index is 0.134. The fourth-order valence-electron chi connectivity index (χ4n) is 1.98. The fraction of sp³-hybridized carbons (Fsp3) is 0.235. The second-order valence-corrected chi connectivity index (χ2v) is 7.10. The van der Waals surface area contributed by atoms with Crippen molar-refractivity contribution in [3.8, 4) is 0 Å². The van der Waals surface area contributed by atoms with Crippen molar-refractivity contribution in [2.45, 2.75) is 18.3 Å². The minimum atomic E-state index is -4.43. The molecule has 2 rings (SSSR count). The lowest BCUT2D eigenvalue weighted by Crippen LogP contribution is -2.13. The molecule has 0 aliphatic heterocycles. The smallest absolute Gasteiger partial charge is 0.326 e. The van der Waals surface area contributed by atoms with Crippen LogP contribution in [-0.2, 0) is 16.7 Å². The van der Waals surface area contributed by atoms with E-state index >= 15 is 0 Å². The zero-order valence-electron chi connectivity index (χ0n) is 12.9. The molecule has 0 aliphatic carbocycles. The molecule has 0 aromatic heterocycles. The molecule has 0 saturated carbocycles. The van der Waals surface area contributed by atoms with Gasteiger partial charge in [-0.1, -0.05) is 35.3 Å². The molecule has 0 unspecified atom stereocenters. The second-order valence-electron chi connectivity index (χ2n) is 5.18. The van der Waals surface area contributed by atoms with Crippen molar-refractivity contribution in [2.75, 3.05) is 11.1 Å². The minimum Gasteiger partial charge on any atom is -0.326 e. The normalized spacial score (nSPS) is 11.4. The largest absolute Gasteiger partial charge is 0.416 e. The monoisotopic (exact) mass is 407 g/mol. The molecule has 2 aromatic carbocycles. The van der Waals surface area contributed by atoms with Crippen molar-refractivity contribution in [3.05, 3.63) is 63.6 Å². The number of nitrogens with one attached hydrogen (secondary N) is 1. The molecule has 2 aromatic rings. The quantitative estimate of drug-likeness (QED) is 0.571. The number of amides is 1. The van der Waals surface area contributed by atoms with Crippen molar-refractivity contribution in [1.82, 2.24) is 0 Å². The molecular weight excluding hydrogens is 394 g/mol. The fourth-order valence-corrected chi connectivity index (χ4v) is 3.19. The SMILES string of the molecule is O=C(CCSCc1ccc(Cl)c(Cl)c1)Nc1cccc(C(F)(F)F)c1. The summed E-state index contributed by atoms with van der Waals surface area (Å²) in [4.78, 5) is 11.8. The lowest BCUT2D eigenvalue weighted by Gasteiger charge is -2.10. The lowest BCUT2D eigenvalue weighted by atomic mass is 10.2. The van der Waals surface area contributed by atoms with Crippen LogP contribution < -0.4 is 5.32 Å². The van der Waals surface area contributed by atoms with Gasteiger partial charge in [0.05, 0.1) is 15.6 Å². The topological polar surface area (TPSA) is 29.1 Å². The van der Waals surface area contributed by atoms with E-state index in [2.05, 4.69) is 5.32 Å². The molecular formula is C17H14Cl2F3NOS. The molecule has 0 heterocycles. The standard InChI is InChI=1S/C17H14Cl2F3NOS/c18-14-5-4-11(8-15(14)19)10-25-7-6-16(24)23-13-3-1-2-12(9-13)17(20,21)22/h1-5,8-9H,6-7,10H2,(H,23,24). The van der Waals surface area contributed by atoms with Crippen molar-refractivity contribution in [1.29, 1.82) is 0 Å². The molecule has 8 heteroatoms. The van der Waals surface area contributed by atoms with Crippen LogP contribution in [0.3, 0.4) is 0 Å². The van der Waals surface area contributed by atoms with Crippen LogP contribution in [-0.4, -0.2) is 11.7 Å². The van der Waals surface area contributed by atoms with Gasteiger partial charge in [-0.3, -0.25) is 4.79 Å². The van der Waals surface area contributed by atoms with Crippen molar-refractivity contribution in [3.63, 3.8) is 0 Å². The van der Waals surface area contributed by atoms with Gasteiger partial charge in [-0.2, -0.15) is 24.9 Å². The molecule has 0 fully saturated rings. The average Bonchev–Trinajstić information content (AvgIpc) is 2.54. The number of hydrogen-bond donors (Lipinski definition) is 1. The molecule has 0 saturated heterocycles. The third kappa shape index (κ3) is 6.45. The molecule has 134 valence electrons. The maximum Gasteiger partial charge on any atom is 0.416 e. The second kappa shape index (κ2) is 8.83. The number of halogens is 5. The van der Waals surface area contributed by atoms with E-state index in [4.69, 9.17) is 23.2 Å². The summed E-state index contributed by atoms with van der Waals surface area (Å²) in [6.45, 7) is 0. The van der Waals surface area contributed by atoms with Crippen LogP contribution in [0.15, 0.2) is 42.5 Å². The van der Waals surface area contributed by atoms with Gasteiger partial charge in [0.2, 0.25) is 5.91 Å². The van der Waals surface area contributed by atoms with Crippen molar-refractivity contribution in [2.24, 2.45) is 0 Å². The highest BCUT2D eigenvalue weighted by Crippen LogP contribution is 2.30. The van der Waals surface area contributed by atoms with Crippen LogP contribution in [0, 0.1) is 0 Å². The zero-order valence-corrected chi connectivity index (χ0v) is 15.2. The first kappa shape index (κ1) is 19.9. The predicted molar refractivity (Wildman–Crippen MR) is 97.3 cm³/mol. The molecule has 1 N–H and O–H groups in total. The van der Waals surface area contributed by atoms with Gasteiger partial charge in [0, 0.05) is 23.6 Å². The number of thioether (sulfide) groups is 1. The molecule has 0 radical (unpaired) electrons. The Morgan fingerprint density at radius 2 is 1.84 bits per heavy atom. The van der Waals surface area contributed by atoms with Crippen LogP contribution in [0.4, 0.5) is 18.9 Å². The van der Waals surface area contributed by atoms with Crippen molar-refractivity contribution < 1.29 is 18.0 Å². The maximum atomic E-state index is 12.6. The van der Waals surface area contributed by atoms with Gasteiger partial charge in [0.25, 0.3) is 0 Å². The highest BCUT2D eigenvalue weighted by atomic mass is 35.5. The summed E-state index contributed by atoms with van der Waals surface area (Å²) in [6, 6.07) is 9.89. The van der Waals surface area contributed by atoms with Crippen molar-refractivity contribution >= 4 is 46.6 Å². The van der Waals surface area contributed by atoms with E-state index in [-0.39, 0.29) is 18.0 Å². The van der Waals surface area contributed by atoms with Crippen LogP contribution in [0.1, 0.15) is 17.5 Å². The van der Waals surface area contributed by atoms with E-state index < -0.39 is 11.7 Å². The first-order valence-electron chi connectivity index (χ1n) is 7.24. The third-order valence-corrected chi connectivity index (χ3v) is 4.97. The van der Waals surface area contributed by atoms with Gasteiger partial charge >= 0.3 is 6.18 Å². The number of anilines is 1. The molecule has 25 heavy (non-hydrogen) atoms. The number of carbonyl (C=O) groups excluding carboxylic acids is 1. The highest BCUT2D eigenvalue weighted by Gasteiger charge is 2.30. The Kier molecular flexibility index (Phi) is 7.04.